The highest BCUT2D eigenvalue weighted by atomic mass is 16.5. The summed E-state index contributed by atoms with van der Waals surface area (Å²) < 4.78 is 5.64. The van der Waals surface area contributed by atoms with Crippen LogP contribution in [0.3, 0.4) is 0 Å². The molecule has 1 aliphatic rings. The molecule has 1 aliphatic carbocycles. The largest absolute Gasteiger partial charge is 0.457 e. The molecule has 1 atom stereocenters. The van der Waals surface area contributed by atoms with Gasteiger partial charge in [-0.25, -0.2) is 0 Å². The highest BCUT2D eigenvalue weighted by Crippen LogP contribution is 2.34. The summed E-state index contributed by atoms with van der Waals surface area (Å²) >= 11 is 0. The fourth-order valence-corrected chi connectivity index (χ4v) is 2.37. The Morgan fingerprint density at radius 3 is 2.70 bits per heavy atom. The lowest BCUT2D eigenvalue weighted by Crippen LogP contribution is -2.12. The third-order valence-electron chi connectivity index (χ3n) is 3.70. The average molecular weight is 266 g/mol. The zero-order chi connectivity index (χ0) is 13.9. The molecule has 0 radical (unpaired) electrons. The Balaban J connectivity index is 1.87. The summed E-state index contributed by atoms with van der Waals surface area (Å²) in [5, 5.41) is 2.36. The second kappa shape index (κ2) is 5.49. The fourth-order valence-electron chi connectivity index (χ4n) is 2.37. The Kier molecular flexibility index (Phi) is 3.55. The van der Waals surface area contributed by atoms with Crippen LogP contribution in [0.5, 0.6) is 0 Å². The molecule has 0 N–H and O–H groups in total. The van der Waals surface area contributed by atoms with E-state index >= 15 is 0 Å². The van der Waals surface area contributed by atoms with Crippen LogP contribution >= 0.6 is 0 Å². The van der Waals surface area contributed by atoms with Crippen molar-refractivity contribution in [2.45, 2.75) is 25.4 Å². The van der Waals surface area contributed by atoms with Gasteiger partial charge in [-0.2, -0.15) is 0 Å². The highest BCUT2D eigenvalue weighted by molar-refractivity contribution is 5.83. The molecule has 0 bridgehead atoms. The molecule has 0 spiro atoms. The predicted molar refractivity (Wildman–Crippen MR) is 80.3 cm³/mol. The summed E-state index contributed by atoms with van der Waals surface area (Å²) in [6.07, 6.45) is 4.18. The number of hydrogen-bond acceptors (Lipinski definition) is 2. The van der Waals surface area contributed by atoms with Gasteiger partial charge in [0.15, 0.2) is 0 Å². The van der Waals surface area contributed by atoms with Crippen LogP contribution in [0.4, 0.5) is 0 Å². The minimum atomic E-state index is -0.217. The summed E-state index contributed by atoms with van der Waals surface area (Å²) in [5.41, 5.74) is 1.04. The number of fused-ring (bicyclic) bond motifs is 1. The standard InChI is InChI=1S/C18H18O2/c1-2-5-17(20-18(19)14-9-10-14)16-11-8-13-6-3-4-7-15(13)12-16/h2-4,6-8,11-12,14,17H,1,5,9-10H2. The summed E-state index contributed by atoms with van der Waals surface area (Å²) in [4.78, 5) is 11.9. The van der Waals surface area contributed by atoms with Crippen LogP contribution in [0.1, 0.15) is 30.9 Å². The third-order valence-corrected chi connectivity index (χ3v) is 3.70. The summed E-state index contributed by atoms with van der Waals surface area (Å²) in [6, 6.07) is 14.4. The van der Waals surface area contributed by atoms with E-state index in [1.807, 2.05) is 18.2 Å². The van der Waals surface area contributed by atoms with Crippen molar-refractivity contribution in [3.63, 3.8) is 0 Å². The Morgan fingerprint density at radius 2 is 2.00 bits per heavy atom. The Hall–Kier alpha value is -2.09. The van der Waals surface area contributed by atoms with E-state index in [9.17, 15) is 4.79 Å². The average Bonchev–Trinajstić information content (AvgIpc) is 3.31. The lowest BCUT2D eigenvalue weighted by Gasteiger charge is -2.17. The lowest BCUT2D eigenvalue weighted by molar-refractivity contribution is -0.150. The van der Waals surface area contributed by atoms with E-state index in [4.69, 9.17) is 4.74 Å². The van der Waals surface area contributed by atoms with E-state index in [2.05, 4.69) is 30.8 Å². The Bertz CT molecular complexity index is 641. The molecule has 1 fully saturated rings. The maximum atomic E-state index is 11.9. The van der Waals surface area contributed by atoms with Crippen molar-refractivity contribution < 1.29 is 9.53 Å². The molecule has 0 aromatic heterocycles. The first-order chi connectivity index (χ1) is 9.78. The van der Waals surface area contributed by atoms with Gasteiger partial charge in [0.25, 0.3) is 0 Å². The van der Waals surface area contributed by atoms with Gasteiger partial charge in [-0.1, -0.05) is 42.5 Å². The van der Waals surface area contributed by atoms with Crippen LogP contribution < -0.4 is 0 Å². The Morgan fingerprint density at radius 1 is 1.25 bits per heavy atom. The molecular formula is C18H18O2. The quantitative estimate of drug-likeness (QED) is 0.592. The van der Waals surface area contributed by atoms with E-state index in [1.165, 1.54) is 10.8 Å². The number of carbonyl (C=O) groups is 1. The normalized spacial score (nSPS) is 15.8. The van der Waals surface area contributed by atoms with Crippen LogP contribution in [-0.2, 0) is 9.53 Å². The van der Waals surface area contributed by atoms with E-state index in [0.29, 0.717) is 6.42 Å². The summed E-state index contributed by atoms with van der Waals surface area (Å²) in [6.45, 7) is 3.76. The minimum Gasteiger partial charge on any atom is -0.457 e. The molecule has 0 aliphatic heterocycles. The Labute approximate surface area is 119 Å². The smallest absolute Gasteiger partial charge is 0.309 e. The van der Waals surface area contributed by atoms with Gasteiger partial charge in [-0.3, -0.25) is 4.79 Å². The minimum absolute atomic E-state index is 0.0648. The van der Waals surface area contributed by atoms with Gasteiger partial charge in [0.05, 0.1) is 5.92 Å². The lowest BCUT2D eigenvalue weighted by atomic mass is 10.0. The van der Waals surface area contributed by atoms with Crippen molar-refractivity contribution in [3.8, 4) is 0 Å². The van der Waals surface area contributed by atoms with Crippen LogP contribution in [-0.4, -0.2) is 5.97 Å². The molecule has 102 valence electrons. The van der Waals surface area contributed by atoms with Gasteiger partial charge in [0.2, 0.25) is 0 Å². The summed E-state index contributed by atoms with van der Waals surface area (Å²) in [7, 11) is 0. The van der Waals surface area contributed by atoms with Crippen LogP contribution in [0.2, 0.25) is 0 Å². The highest BCUT2D eigenvalue weighted by Gasteiger charge is 2.33. The number of benzene rings is 2. The van der Waals surface area contributed by atoms with E-state index in [0.717, 1.165) is 18.4 Å². The van der Waals surface area contributed by atoms with Crippen molar-refractivity contribution in [2.75, 3.05) is 0 Å². The molecule has 2 heteroatoms. The molecule has 2 aromatic carbocycles. The first-order valence-electron chi connectivity index (χ1n) is 7.08. The molecule has 2 aromatic rings. The second-order valence-corrected chi connectivity index (χ2v) is 5.33. The van der Waals surface area contributed by atoms with Gasteiger partial charge in [-0.15, -0.1) is 6.58 Å². The van der Waals surface area contributed by atoms with Crippen LogP contribution in [0.25, 0.3) is 10.8 Å². The zero-order valence-corrected chi connectivity index (χ0v) is 11.4. The van der Waals surface area contributed by atoms with Crippen molar-refractivity contribution in [1.82, 2.24) is 0 Å². The molecule has 1 unspecified atom stereocenters. The molecule has 20 heavy (non-hydrogen) atoms. The molecule has 0 saturated heterocycles. The second-order valence-electron chi connectivity index (χ2n) is 5.33. The van der Waals surface area contributed by atoms with Gasteiger partial charge < -0.3 is 4.74 Å². The van der Waals surface area contributed by atoms with Crippen LogP contribution in [0.15, 0.2) is 55.1 Å². The zero-order valence-electron chi connectivity index (χ0n) is 11.4. The fraction of sp³-hybridized carbons (Fsp3) is 0.278. The topological polar surface area (TPSA) is 26.3 Å². The monoisotopic (exact) mass is 266 g/mol. The van der Waals surface area contributed by atoms with E-state index in [1.54, 1.807) is 6.08 Å². The van der Waals surface area contributed by atoms with Gasteiger partial charge in [-0.05, 0) is 35.2 Å². The predicted octanol–water partition coefficient (Wildman–Crippen LogP) is 4.41. The maximum absolute atomic E-state index is 11.9. The van der Waals surface area contributed by atoms with Gasteiger partial charge in [0, 0.05) is 6.42 Å². The van der Waals surface area contributed by atoms with Crippen molar-refractivity contribution >= 4 is 16.7 Å². The number of carbonyl (C=O) groups excluding carboxylic acids is 1. The van der Waals surface area contributed by atoms with Gasteiger partial charge >= 0.3 is 5.97 Å². The van der Waals surface area contributed by atoms with Crippen molar-refractivity contribution in [2.24, 2.45) is 5.92 Å². The number of hydrogen-bond donors (Lipinski definition) is 0. The number of rotatable bonds is 5. The van der Waals surface area contributed by atoms with E-state index in [-0.39, 0.29) is 18.0 Å². The summed E-state index contributed by atoms with van der Waals surface area (Å²) in [5.74, 6) is 0.0628. The van der Waals surface area contributed by atoms with Gasteiger partial charge in [0.1, 0.15) is 6.10 Å². The third kappa shape index (κ3) is 2.74. The number of esters is 1. The first-order valence-corrected chi connectivity index (χ1v) is 7.08. The molecule has 0 amide bonds. The first kappa shape index (κ1) is 12.9. The molecular weight excluding hydrogens is 248 g/mol. The molecule has 3 rings (SSSR count). The molecule has 1 saturated carbocycles. The number of ether oxygens (including phenoxy) is 1. The maximum Gasteiger partial charge on any atom is 0.309 e. The van der Waals surface area contributed by atoms with E-state index < -0.39 is 0 Å². The van der Waals surface area contributed by atoms with Crippen molar-refractivity contribution in [3.05, 3.63) is 60.7 Å². The molecule has 0 heterocycles. The molecule has 2 nitrogen and oxygen atoms in total. The SMILES string of the molecule is C=CCC(OC(=O)C1CC1)c1ccc2ccccc2c1. The van der Waals surface area contributed by atoms with Crippen molar-refractivity contribution in [1.29, 1.82) is 0 Å². The van der Waals surface area contributed by atoms with Crippen LogP contribution in [0, 0.1) is 5.92 Å².